The normalized spacial score (nSPS) is 11.7. The highest BCUT2D eigenvalue weighted by Gasteiger charge is 2.19. The molecule has 2 amide bonds. The molecule has 1 aromatic rings. The zero-order chi connectivity index (χ0) is 13.0. The number of hydrogen-bond donors (Lipinski definition) is 2. The number of rotatable bonds is 3. The summed E-state index contributed by atoms with van der Waals surface area (Å²) in [5.41, 5.74) is 0.0957. The molecule has 1 aromatic heterocycles. The van der Waals surface area contributed by atoms with Crippen LogP contribution in [-0.2, 0) is 4.79 Å². The summed E-state index contributed by atoms with van der Waals surface area (Å²) in [6.07, 6.45) is 2.57. The van der Waals surface area contributed by atoms with Gasteiger partial charge in [-0.2, -0.15) is 0 Å². The average molecular weight is 237 g/mol. The summed E-state index contributed by atoms with van der Waals surface area (Å²) in [6.45, 7) is 1.58. The first-order valence-corrected chi connectivity index (χ1v) is 5.08. The van der Waals surface area contributed by atoms with Crippen LogP contribution in [-0.4, -0.2) is 46.9 Å². The maximum atomic E-state index is 11.7. The van der Waals surface area contributed by atoms with E-state index in [1.165, 1.54) is 23.4 Å². The molecule has 6 nitrogen and oxygen atoms in total. The summed E-state index contributed by atoms with van der Waals surface area (Å²) in [6, 6.07) is 0.738. The Labute approximate surface area is 99.3 Å². The molecule has 92 valence electrons. The first kappa shape index (κ1) is 13.0. The molecule has 0 spiro atoms. The Morgan fingerprint density at radius 3 is 2.65 bits per heavy atom. The average Bonchev–Trinajstić information content (AvgIpc) is 2.28. The Hall–Kier alpha value is -2.11. The Balaban J connectivity index is 2.74. The van der Waals surface area contributed by atoms with Gasteiger partial charge < -0.3 is 15.3 Å². The van der Waals surface area contributed by atoms with Crippen LogP contribution in [0.3, 0.4) is 0 Å². The fraction of sp³-hybridized carbons (Fsp3) is 0.364. The summed E-state index contributed by atoms with van der Waals surface area (Å²) in [7, 11) is 3.21. The minimum absolute atomic E-state index is 0.0957. The molecule has 0 aliphatic carbocycles. The lowest BCUT2D eigenvalue weighted by Crippen LogP contribution is -2.44. The van der Waals surface area contributed by atoms with Gasteiger partial charge in [-0.3, -0.25) is 14.6 Å². The van der Waals surface area contributed by atoms with E-state index in [1.807, 2.05) is 0 Å². The lowest BCUT2D eigenvalue weighted by molar-refractivity contribution is -0.130. The molecule has 2 N–H and O–H groups in total. The molecular formula is C11H15N3O3. The fourth-order valence-corrected chi connectivity index (χ4v) is 1.30. The highest BCUT2D eigenvalue weighted by Crippen LogP contribution is 2.13. The van der Waals surface area contributed by atoms with Crippen molar-refractivity contribution in [3.63, 3.8) is 0 Å². The zero-order valence-corrected chi connectivity index (χ0v) is 9.97. The van der Waals surface area contributed by atoms with E-state index < -0.39 is 11.9 Å². The zero-order valence-electron chi connectivity index (χ0n) is 9.97. The summed E-state index contributed by atoms with van der Waals surface area (Å²) >= 11 is 0. The molecule has 1 heterocycles. The van der Waals surface area contributed by atoms with Gasteiger partial charge in [-0.25, -0.2) is 0 Å². The summed E-state index contributed by atoms with van der Waals surface area (Å²) in [4.78, 5) is 28.3. The van der Waals surface area contributed by atoms with Crippen LogP contribution in [0.2, 0.25) is 0 Å². The Kier molecular flexibility index (Phi) is 4.03. The van der Waals surface area contributed by atoms with Gasteiger partial charge in [0.15, 0.2) is 0 Å². The van der Waals surface area contributed by atoms with Gasteiger partial charge in [0.25, 0.3) is 5.91 Å². The van der Waals surface area contributed by atoms with E-state index in [4.69, 9.17) is 0 Å². The molecule has 1 rings (SSSR count). The van der Waals surface area contributed by atoms with E-state index in [0.29, 0.717) is 0 Å². The van der Waals surface area contributed by atoms with Crippen LogP contribution < -0.4 is 5.32 Å². The first-order chi connectivity index (χ1) is 7.93. The van der Waals surface area contributed by atoms with Crippen molar-refractivity contribution >= 4 is 11.8 Å². The van der Waals surface area contributed by atoms with Crippen molar-refractivity contribution in [2.75, 3.05) is 14.1 Å². The molecule has 0 saturated heterocycles. The minimum Gasteiger partial charge on any atom is -0.505 e. The number of hydrogen-bond acceptors (Lipinski definition) is 4. The van der Waals surface area contributed by atoms with E-state index in [0.717, 1.165) is 0 Å². The quantitative estimate of drug-likeness (QED) is 0.774. The van der Waals surface area contributed by atoms with Crippen molar-refractivity contribution in [3.8, 4) is 5.75 Å². The smallest absolute Gasteiger partial charge is 0.255 e. The second kappa shape index (κ2) is 5.29. The number of aromatic nitrogens is 1. The van der Waals surface area contributed by atoms with Crippen LogP contribution in [0.25, 0.3) is 0 Å². The van der Waals surface area contributed by atoms with Gasteiger partial charge in [0.2, 0.25) is 5.91 Å². The summed E-state index contributed by atoms with van der Waals surface area (Å²) in [5, 5.41) is 11.9. The van der Waals surface area contributed by atoms with Crippen molar-refractivity contribution in [2.45, 2.75) is 13.0 Å². The van der Waals surface area contributed by atoms with Crippen molar-refractivity contribution in [3.05, 3.63) is 24.0 Å². The maximum absolute atomic E-state index is 11.7. The van der Waals surface area contributed by atoms with Crippen molar-refractivity contribution in [1.29, 1.82) is 0 Å². The third-order valence-corrected chi connectivity index (χ3v) is 2.20. The number of nitrogens with zero attached hydrogens (tertiary/aromatic N) is 2. The number of pyridine rings is 1. The van der Waals surface area contributed by atoms with Crippen molar-refractivity contribution < 1.29 is 14.7 Å². The predicted molar refractivity (Wildman–Crippen MR) is 61.5 cm³/mol. The van der Waals surface area contributed by atoms with Gasteiger partial charge >= 0.3 is 0 Å². The molecule has 0 aromatic carbocycles. The second-order valence-corrected chi connectivity index (χ2v) is 3.82. The molecule has 1 atom stereocenters. The Morgan fingerprint density at radius 2 is 2.12 bits per heavy atom. The predicted octanol–water partition coefficient (Wildman–Crippen LogP) is -0.00630. The minimum atomic E-state index is -0.648. The lowest BCUT2D eigenvalue weighted by Gasteiger charge is -2.18. The molecule has 0 aliphatic rings. The summed E-state index contributed by atoms with van der Waals surface area (Å²) < 4.78 is 0. The van der Waals surface area contributed by atoms with Gasteiger partial charge in [-0.1, -0.05) is 0 Å². The lowest BCUT2D eigenvalue weighted by atomic mass is 10.2. The second-order valence-electron chi connectivity index (χ2n) is 3.82. The Bertz CT molecular complexity index is 432. The molecule has 0 aliphatic heterocycles. The molecular weight excluding hydrogens is 222 g/mol. The van der Waals surface area contributed by atoms with Gasteiger partial charge in [0.05, 0.1) is 11.8 Å². The van der Waals surface area contributed by atoms with E-state index in [2.05, 4.69) is 10.3 Å². The number of amides is 2. The highest BCUT2D eigenvalue weighted by atomic mass is 16.3. The van der Waals surface area contributed by atoms with Crippen LogP contribution >= 0.6 is 0 Å². The molecule has 0 fully saturated rings. The van der Waals surface area contributed by atoms with Gasteiger partial charge in [0.1, 0.15) is 11.8 Å². The van der Waals surface area contributed by atoms with Crippen molar-refractivity contribution in [1.82, 2.24) is 15.2 Å². The van der Waals surface area contributed by atoms with E-state index in [9.17, 15) is 14.7 Å². The van der Waals surface area contributed by atoms with Crippen molar-refractivity contribution in [2.24, 2.45) is 0 Å². The maximum Gasteiger partial charge on any atom is 0.255 e. The third kappa shape index (κ3) is 3.17. The van der Waals surface area contributed by atoms with Gasteiger partial charge in [0, 0.05) is 20.3 Å². The number of likely N-dealkylation sites (N-methyl/N-ethyl adjacent to an activating group) is 1. The summed E-state index contributed by atoms with van der Waals surface area (Å²) in [5.74, 6) is -0.936. The van der Waals surface area contributed by atoms with Crippen LogP contribution in [0, 0.1) is 0 Å². The third-order valence-electron chi connectivity index (χ3n) is 2.20. The number of carbonyl (C=O) groups excluding carboxylic acids is 2. The number of nitrogens with one attached hydrogen (secondary N) is 1. The van der Waals surface area contributed by atoms with E-state index >= 15 is 0 Å². The molecule has 0 radical (unpaired) electrons. The SMILES string of the molecule is CC(NC(=O)c1ccncc1O)C(=O)N(C)C. The molecule has 0 saturated carbocycles. The molecule has 1 unspecified atom stereocenters. The van der Waals surface area contributed by atoms with E-state index in [1.54, 1.807) is 21.0 Å². The largest absolute Gasteiger partial charge is 0.505 e. The Morgan fingerprint density at radius 1 is 1.47 bits per heavy atom. The molecule has 0 bridgehead atoms. The number of aromatic hydroxyl groups is 1. The monoisotopic (exact) mass is 237 g/mol. The van der Waals surface area contributed by atoms with Crippen LogP contribution in [0.15, 0.2) is 18.5 Å². The van der Waals surface area contributed by atoms with E-state index in [-0.39, 0.29) is 17.2 Å². The van der Waals surface area contributed by atoms with Crippen LogP contribution in [0.4, 0.5) is 0 Å². The molecule has 17 heavy (non-hydrogen) atoms. The molecule has 6 heteroatoms. The topological polar surface area (TPSA) is 82.5 Å². The van der Waals surface area contributed by atoms with Crippen LogP contribution in [0.5, 0.6) is 5.75 Å². The van der Waals surface area contributed by atoms with Crippen LogP contribution in [0.1, 0.15) is 17.3 Å². The number of carbonyl (C=O) groups is 2. The fourth-order valence-electron chi connectivity index (χ4n) is 1.30. The van der Waals surface area contributed by atoms with Gasteiger partial charge in [-0.05, 0) is 13.0 Å². The first-order valence-electron chi connectivity index (χ1n) is 5.08. The highest BCUT2D eigenvalue weighted by molar-refractivity contribution is 5.99. The van der Waals surface area contributed by atoms with Gasteiger partial charge in [-0.15, -0.1) is 0 Å². The standard InChI is InChI=1S/C11H15N3O3/c1-7(11(17)14(2)3)13-10(16)8-4-5-12-6-9(8)15/h4-7,15H,1-3H3,(H,13,16).